The van der Waals surface area contributed by atoms with Crippen LogP contribution in [0, 0.1) is 12.7 Å². The van der Waals surface area contributed by atoms with Crippen molar-refractivity contribution in [3.8, 4) is 5.75 Å². The Hall–Kier alpha value is -5.03. The Labute approximate surface area is 280 Å². The molecule has 48 heavy (non-hydrogen) atoms. The van der Waals surface area contributed by atoms with E-state index >= 15 is 0 Å². The lowest BCUT2D eigenvalue weighted by Crippen LogP contribution is -2.51. The number of alkyl carbamates (subject to hydrolysis) is 1. The van der Waals surface area contributed by atoms with Gasteiger partial charge in [0.25, 0.3) is 0 Å². The topological polar surface area (TPSA) is 134 Å². The quantitative estimate of drug-likeness (QED) is 0.175. The number of carboxylic acids is 1. The van der Waals surface area contributed by atoms with Crippen LogP contribution in [0.25, 0.3) is 0 Å². The number of nitrogens with zero attached hydrogens (tertiary/aromatic N) is 2. The average molecular weight is 660 g/mol. The third-order valence-corrected chi connectivity index (χ3v) is 8.15. The zero-order valence-electron chi connectivity index (χ0n) is 27.8. The maximum atomic E-state index is 14.5. The maximum Gasteiger partial charge on any atom is 0.408 e. The number of halogens is 1. The highest BCUT2D eigenvalue weighted by atomic mass is 19.1. The van der Waals surface area contributed by atoms with E-state index in [0.29, 0.717) is 42.9 Å². The van der Waals surface area contributed by atoms with Gasteiger partial charge in [-0.2, -0.15) is 0 Å². The molecule has 0 unspecified atom stereocenters. The highest BCUT2D eigenvalue weighted by molar-refractivity contribution is 5.88. The van der Waals surface area contributed by atoms with Crippen molar-refractivity contribution in [3.63, 3.8) is 0 Å². The molecule has 3 aromatic carbocycles. The largest absolute Gasteiger partial charge is 0.478 e. The Morgan fingerprint density at radius 2 is 1.81 bits per heavy atom. The van der Waals surface area contributed by atoms with Crippen LogP contribution in [0.3, 0.4) is 0 Å². The van der Waals surface area contributed by atoms with Crippen LogP contribution in [0.1, 0.15) is 66.4 Å². The summed E-state index contributed by atoms with van der Waals surface area (Å²) in [5, 5.41) is 12.0. The second-order valence-corrected chi connectivity index (χ2v) is 12.5. The number of hydrogen-bond donors (Lipinski definition) is 3. The summed E-state index contributed by atoms with van der Waals surface area (Å²) in [6.45, 7) is 8.90. The van der Waals surface area contributed by atoms with Crippen LogP contribution in [0.4, 0.5) is 9.18 Å². The molecule has 3 atom stereocenters. The molecule has 0 aliphatic carbocycles. The van der Waals surface area contributed by atoms with Crippen LogP contribution in [0.15, 0.2) is 84.9 Å². The Bertz CT molecular complexity index is 1640. The molecule has 1 aliphatic heterocycles. The molecule has 0 radical (unpaired) electrons. The molecular formula is C37H44FN4O6+. The highest BCUT2D eigenvalue weighted by Crippen LogP contribution is 2.24. The molecule has 0 aromatic heterocycles. The van der Waals surface area contributed by atoms with Gasteiger partial charge in [0.05, 0.1) is 24.2 Å². The van der Waals surface area contributed by atoms with Gasteiger partial charge in [-0.05, 0) is 75.2 Å². The van der Waals surface area contributed by atoms with Crippen LogP contribution < -0.4 is 15.8 Å². The summed E-state index contributed by atoms with van der Waals surface area (Å²) >= 11 is 0. The van der Waals surface area contributed by atoms with E-state index in [1.54, 1.807) is 56.0 Å². The first kappa shape index (κ1) is 35.8. The average Bonchev–Trinajstić information content (AvgIpc) is 3.05. The van der Waals surface area contributed by atoms with Crippen LogP contribution in [0.5, 0.6) is 5.75 Å². The molecule has 0 bridgehead atoms. The van der Waals surface area contributed by atoms with Crippen molar-refractivity contribution >= 4 is 24.2 Å². The minimum Gasteiger partial charge on any atom is -0.478 e. The summed E-state index contributed by atoms with van der Waals surface area (Å²) in [6, 6.07) is 19.9. The number of nitrogens with one attached hydrogen (secondary N) is 1. The lowest BCUT2D eigenvalue weighted by molar-refractivity contribution is -0.542. The Morgan fingerprint density at radius 3 is 2.44 bits per heavy atom. The van der Waals surface area contributed by atoms with E-state index in [0.717, 1.165) is 5.56 Å². The fourth-order valence-corrected chi connectivity index (χ4v) is 5.40. The number of aromatic carboxylic acids is 1. The summed E-state index contributed by atoms with van der Waals surface area (Å²) in [4.78, 5) is 38.8. The number of ether oxygens (including phenoxy) is 2. The lowest BCUT2D eigenvalue weighted by Gasteiger charge is -2.31. The van der Waals surface area contributed by atoms with Crippen molar-refractivity contribution in [2.45, 2.75) is 57.9 Å². The summed E-state index contributed by atoms with van der Waals surface area (Å²) in [5.41, 5.74) is 7.12. The summed E-state index contributed by atoms with van der Waals surface area (Å²) < 4.78 is 28.4. The smallest absolute Gasteiger partial charge is 0.408 e. The van der Waals surface area contributed by atoms with Crippen molar-refractivity contribution in [1.29, 1.82) is 0 Å². The third kappa shape index (κ3) is 9.98. The first-order valence-electron chi connectivity index (χ1n) is 15.9. The first-order valence-corrected chi connectivity index (χ1v) is 15.9. The van der Waals surface area contributed by atoms with Gasteiger partial charge in [0.1, 0.15) is 17.2 Å². The highest BCUT2D eigenvalue weighted by Gasteiger charge is 2.31. The Kier molecular flexibility index (Phi) is 12.1. The fourth-order valence-electron chi connectivity index (χ4n) is 5.40. The van der Waals surface area contributed by atoms with Gasteiger partial charge in [-0.15, -0.1) is 0 Å². The normalized spacial score (nSPS) is 17.2. The molecule has 4 N–H and O–H groups in total. The molecule has 11 heteroatoms. The number of carbonyl (C=O) groups excluding carboxylic acids is 2. The van der Waals surface area contributed by atoms with Crippen LogP contribution >= 0.6 is 0 Å². The van der Waals surface area contributed by atoms with E-state index in [-0.39, 0.29) is 35.9 Å². The van der Waals surface area contributed by atoms with Crippen molar-refractivity contribution < 1.29 is 37.9 Å². The van der Waals surface area contributed by atoms with Crippen molar-refractivity contribution in [1.82, 2.24) is 10.2 Å². The van der Waals surface area contributed by atoms with Crippen molar-refractivity contribution in [2.75, 3.05) is 26.2 Å². The SMILES string of the molecule is Cc1ccc([C@H](C=[N+]2CCN(C(=O)/C=C/CC(C)(C)OC(=O)N[C@@H](CN)c3ccccc3)[C@H](C)C2)Oc2ccc(C(=O)O)cc2)cc1F. The number of carbonyl (C=O) groups is 3. The molecule has 2 amide bonds. The van der Waals surface area contributed by atoms with Crippen molar-refractivity contribution in [3.05, 3.63) is 113 Å². The van der Waals surface area contributed by atoms with Crippen LogP contribution in [-0.2, 0) is 9.53 Å². The van der Waals surface area contributed by atoms with Gasteiger partial charge in [0.2, 0.25) is 5.91 Å². The standard InChI is InChI=1S/C37H43FN4O6/c1-25-12-13-29(21-31(25)38)33(47-30-16-14-28(15-17-30)35(44)45)24-41-19-20-42(26(2)23-41)34(43)11-8-18-37(3,4)48-36(46)40-32(22-39)27-9-6-5-7-10-27/h5-17,21,24,26,32-33H,18-20,22-23,39H2,1-4H3,(H-,40,44,45,46)/p+1/b11-8+,41-24?/t26-,32+,33+/m1/s1. The number of hydrogen-bond acceptors (Lipinski definition) is 6. The summed E-state index contributed by atoms with van der Waals surface area (Å²) in [5.74, 6) is -1.11. The number of amides is 2. The lowest BCUT2D eigenvalue weighted by atomic mass is 10.0. The van der Waals surface area contributed by atoms with Crippen LogP contribution in [-0.4, -0.2) is 76.6 Å². The van der Waals surface area contributed by atoms with E-state index in [9.17, 15) is 23.9 Å². The Balaban J connectivity index is 1.36. The second kappa shape index (κ2) is 16.2. The number of aryl methyl sites for hydroxylation is 1. The molecule has 0 saturated carbocycles. The molecule has 4 rings (SSSR count). The van der Waals surface area contributed by atoms with E-state index in [1.165, 1.54) is 24.3 Å². The second-order valence-electron chi connectivity index (χ2n) is 12.5. The molecule has 1 fully saturated rings. The van der Waals surface area contributed by atoms with Crippen molar-refractivity contribution in [2.24, 2.45) is 5.73 Å². The van der Waals surface area contributed by atoms with E-state index in [1.807, 2.05) is 48.0 Å². The van der Waals surface area contributed by atoms with Gasteiger partial charge >= 0.3 is 12.1 Å². The molecule has 3 aromatic rings. The minimum absolute atomic E-state index is 0.133. The van der Waals surface area contributed by atoms with E-state index in [2.05, 4.69) is 5.32 Å². The number of nitrogens with two attached hydrogens (primary N) is 1. The molecule has 0 spiro atoms. The zero-order chi connectivity index (χ0) is 34.8. The van der Waals surface area contributed by atoms with Gasteiger partial charge in [-0.25, -0.2) is 18.6 Å². The fraction of sp³-hybridized carbons (Fsp3) is 0.351. The molecule has 10 nitrogen and oxygen atoms in total. The summed E-state index contributed by atoms with van der Waals surface area (Å²) in [7, 11) is 0. The first-order chi connectivity index (χ1) is 22.8. The molecule has 254 valence electrons. The zero-order valence-corrected chi connectivity index (χ0v) is 27.8. The molecular weight excluding hydrogens is 615 g/mol. The predicted molar refractivity (Wildman–Crippen MR) is 181 cm³/mol. The van der Waals surface area contributed by atoms with Gasteiger partial charge in [-0.3, -0.25) is 4.79 Å². The number of piperazine rings is 1. The molecule has 1 saturated heterocycles. The number of carboxylic acid groups (broad SMARTS) is 1. The van der Waals surface area contributed by atoms with Gasteiger partial charge in [0, 0.05) is 18.5 Å². The van der Waals surface area contributed by atoms with Gasteiger partial charge < -0.3 is 30.5 Å². The summed E-state index contributed by atoms with van der Waals surface area (Å²) in [6.07, 6.45) is 4.18. The monoisotopic (exact) mass is 659 g/mol. The number of rotatable bonds is 12. The Morgan fingerprint density at radius 1 is 1.10 bits per heavy atom. The predicted octanol–water partition coefficient (Wildman–Crippen LogP) is 5.42. The van der Waals surface area contributed by atoms with E-state index < -0.39 is 23.8 Å². The minimum atomic E-state index is -1.04. The number of benzene rings is 3. The maximum absolute atomic E-state index is 14.5. The third-order valence-electron chi connectivity index (χ3n) is 8.15. The van der Waals surface area contributed by atoms with Crippen LogP contribution in [0.2, 0.25) is 0 Å². The van der Waals surface area contributed by atoms with Gasteiger partial charge in [0.15, 0.2) is 25.4 Å². The van der Waals surface area contributed by atoms with E-state index in [4.69, 9.17) is 15.2 Å². The molecule has 1 heterocycles. The molecule has 1 aliphatic rings. The van der Waals surface area contributed by atoms with Gasteiger partial charge in [-0.1, -0.05) is 48.5 Å².